The molecule has 0 spiro atoms. The molecule has 5 N–H and O–H groups in total. The van der Waals surface area contributed by atoms with E-state index in [4.69, 9.17) is 33.3 Å². The molecule has 8 rings (SSSR count). The number of amides is 6. The first-order chi connectivity index (χ1) is 41.8. The van der Waals surface area contributed by atoms with Gasteiger partial charge in [-0.3, -0.25) is 33.7 Å². The molecule has 5 aromatic rings. The number of rotatable bonds is 27. The predicted molar refractivity (Wildman–Crippen MR) is 331 cm³/mol. The van der Waals surface area contributed by atoms with Crippen LogP contribution in [0.15, 0.2) is 79.0 Å². The molecule has 2 aromatic heterocycles. The summed E-state index contributed by atoms with van der Waals surface area (Å²) in [5.41, 5.74) is 4.29. The number of benzene rings is 3. The van der Waals surface area contributed by atoms with Gasteiger partial charge < -0.3 is 73.5 Å². The Balaban J connectivity index is 0.923. The van der Waals surface area contributed by atoms with Gasteiger partial charge in [-0.2, -0.15) is 0 Å². The van der Waals surface area contributed by atoms with E-state index in [0.29, 0.717) is 46.8 Å². The molecule has 25 heteroatoms. The van der Waals surface area contributed by atoms with Crippen LogP contribution in [0.1, 0.15) is 113 Å². The highest BCUT2D eigenvalue weighted by atomic mass is 32.1. The van der Waals surface area contributed by atoms with Gasteiger partial charge in [-0.05, 0) is 127 Å². The van der Waals surface area contributed by atoms with Crippen molar-refractivity contribution in [3.63, 3.8) is 0 Å². The average Bonchev–Trinajstić information content (AvgIpc) is 2.14. The lowest BCUT2D eigenvalue weighted by Gasteiger charge is -2.34. The zero-order valence-electron chi connectivity index (χ0n) is 51.7. The molecule has 88 heavy (non-hydrogen) atoms. The van der Waals surface area contributed by atoms with Gasteiger partial charge in [-0.1, -0.05) is 18.2 Å². The number of ether oxygens (including phenoxy) is 6. The van der Waals surface area contributed by atoms with Crippen LogP contribution in [0, 0.1) is 0 Å². The van der Waals surface area contributed by atoms with Gasteiger partial charge in [-0.25, -0.2) is 10.3 Å². The van der Waals surface area contributed by atoms with Gasteiger partial charge in [0.25, 0.3) is 23.6 Å². The summed E-state index contributed by atoms with van der Waals surface area (Å²) in [6.07, 6.45) is 0.365. The molecule has 474 valence electrons. The van der Waals surface area contributed by atoms with Gasteiger partial charge in [-0.15, -0.1) is 11.3 Å². The van der Waals surface area contributed by atoms with Gasteiger partial charge in [0.2, 0.25) is 12.2 Å². The number of hydrogen-bond acceptors (Lipinski definition) is 18. The summed E-state index contributed by atoms with van der Waals surface area (Å²) in [6, 6.07) is 16.1. The third kappa shape index (κ3) is 17.0. The first kappa shape index (κ1) is 66.1. The molecule has 3 aliphatic rings. The summed E-state index contributed by atoms with van der Waals surface area (Å²) >= 11 is 1.30. The number of fused-ring (bicyclic) bond motifs is 3. The minimum atomic E-state index is -1.06. The molecule has 2 fully saturated rings. The normalized spacial score (nSPS) is 17.7. The molecule has 6 amide bonds. The van der Waals surface area contributed by atoms with E-state index in [1.54, 1.807) is 73.2 Å². The number of thiophene rings is 1. The van der Waals surface area contributed by atoms with E-state index in [-0.39, 0.29) is 123 Å². The molecule has 5 heterocycles. The minimum Gasteiger partial charge on any atom is -0.493 e. The largest absolute Gasteiger partial charge is 0.493 e. The standard InChI is InChI=1S/C63H81N9O15S/c1-38-22-43-33-72(61(80)83-35-39-15-17-50(86-56-28-44(74)27-45(34-73)85-56)47(23-39)59(78)70(10)36-62(2,3)84-37-63(4,5)87-64-6)48-30-52(51(81-11)29-46(48)60(79)71(43)31-38)82-21-12-14-55(75)66-41-16-18-53-40(24-41)25-54(88-53)58(77)67-42-26-49(69(9)32-42)57(76)65-19-13-20-68(7)8/h15-18,23-26,29-30,32,34,43-45,56,64,74H,1,12-14,19-22,27-28,31,33,35-37H2,2-11H3,(H,65,76)(H,66,75)(H,67,77)/t43?,44-,45-,56-/m0/s1. The number of aliphatic hydroxyl groups excluding tert-OH is 1. The number of aldehydes is 1. The smallest absolute Gasteiger partial charge is 0.414 e. The highest BCUT2D eigenvalue weighted by Gasteiger charge is 2.41. The van der Waals surface area contributed by atoms with E-state index >= 15 is 0 Å². The van der Waals surface area contributed by atoms with E-state index in [1.165, 1.54) is 46.4 Å². The van der Waals surface area contributed by atoms with Gasteiger partial charge in [0.05, 0.1) is 72.0 Å². The lowest BCUT2D eigenvalue weighted by molar-refractivity contribution is -0.176. The number of aliphatic hydroxyl groups is 1. The number of anilines is 3. The van der Waals surface area contributed by atoms with Crippen LogP contribution in [0.4, 0.5) is 21.9 Å². The third-order valence-corrected chi connectivity index (χ3v) is 16.0. The van der Waals surface area contributed by atoms with Crippen molar-refractivity contribution >= 4 is 80.4 Å². The van der Waals surface area contributed by atoms with Gasteiger partial charge in [0.1, 0.15) is 36.0 Å². The van der Waals surface area contributed by atoms with Crippen molar-refractivity contribution < 1.29 is 71.9 Å². The number of methoxy groups -OCH3 is 1. The summed E-state index contributed by atoms with van der Waals surface area (Å²) in [7, 11) is 10.4. The molecule has 1 unspecified atom stereocenters. The molecular weight excluding hydrogens is 1150 g/mol. The second-order valence-electron chi connectivity index (χ2n) is 23.8. The van der Waals surface area contributed by atoms with Crippen molar-refractivity contribution in [2.24, 2.45) is 7.05 Å². The molecule has 0 aliphatic carbocycles. The number of hydrogen-bond donors (Lipinski definition) is 5. The van der Waals surface area contributed by atoms with Crippen LogP contribution in [0.25, 0.3) is 10.1 Å². The molecule has 2 saturated heterocycles. The number of aromatic nitrogens is 1. The molecule has 0 bridgehead atoms. The van der Waals surface area contributed by atoms with Crippen molar-refractivity contribution in [1.29, 1.82) is 0 Å². The molecular formula is C63H81N9O15S. The Kier molecular flexibility index (Phi) is 21.7. The second kappa shape index (κ2) is 28.9. The van der Waals surface area contributed by atoms with Crippen LogP contribution in [0.5, 0.6) is 17.2 Å². The average molecular weight is 1240 g/mol. The highest BCUT2D eigenvalue weighted by Crippen LogP contribution is 2.41. The molecule has 4 atom stereocenters. The van der Waals surface area contributed by atoms with E-state index in [9.17, 15) is 38.7 Å². The van der Waals surface area contributed by atoms with E-state index < -0.39 is 47.7 Å². The molecule has 0 radical (unpaired) electrons. The summed E-state index contributed by atoms with van der Waals surface area (Å²) in [4.78, 5) is 107. The maximum absolute atomic E-state index is 14.5. The van der Waals surface area contributed by atoms with Crippen LogP contribution >= 0.6 is 11.3 Å². The summed E-state index contributed by atoms with van der Waals surface area (Å²) in [6.45, 7) is 13.3. The summed E-state index contributed by atoms with van der Waals surface area (Å²) in [5, 5.41) is 20.0. The lowest BCUT2D eigenvalue weighted by atomic mass is 10.0. The lowest BCUT2D eigenvalue weighted by Crippen LogP contribution is -2.45. The number of nitrogens with zero attached hydrogens (tertiary/aromatic N) is 5. The van der Waals surface area contributed by atoms with Crippen LogP contribution in [0.2, 0.25) is 0 Å². The van der Waals surface area contributed by atoms with Crippen LogP contribution in [-0.2, 0) is 42.3 Å². The van der Waals surface area contributed by atoms with Crippen LogP contribution < -0.4 is 40.5 Å². The Morgan fingerprint density at radius 1 is 0.920 bits per heavy atom. The number of hydroxylamine groups is 1. The Bertz CT molecular complexity index is 3400. The Hall–Kier alpha value is -7.91. The maximum Gasteiger partial charge on any atom is 0.414 e. The van der Waals surface area contributed by atoms with E-state index in [2.05, 4.69) is 28.0 Å². The van der Waals surface area contributed by atoms with Crippen LogP contribution in [-0.4, -0.2) is 183 Å². The molecule has 0 saturated carbocycles. The Morgan fingerprint density at radius 2 is 1.70 bits per heavy atom. The topological polar surface area (TPSA) is 270 Å². The fourth-order valence-electron chi connectivity index (χ4n) is 10.7. The zero-order chi connectivity index (χ0) is 63.6. The molecule has 24 nitrogen and oxygen atoms in total. The summed E-state index contributed by atoms with van der Waals surface area (Å²) in [5.74, 6) is -1.12. The van der Waals surface area contributed by atoms with Crippen molar-refractivity contribution in [3.05, 3.63) is 106 Å². The first-order valence-electron chi connectivity index (χ1n) is 29.2. The maximum atomic E-state index is 14.5. The number of nitrogens with one attached hydrogen (secondary N) is 4. The van der Waals surface area contributed by atoms with E-state index in [1.807, 2.05) is 52.8 Å². The number of likely N-dealkylation sites (N-methyl/N-ethyl adjacent to an activating group) is 1. The summed E-state index contributed by atoms with van der Waals surface area (Å²) < 4.78 is 38.7. The minimum absolute atomic E-state index is 0.0442. The monoisotopic (exact) mass is 1240 g/mol. The SMILES string of the molecule is C=C1CC2CN(C(=O)OCc3ccc(O[C@H]4C[C@@H](O)C[C@@H](C=O)O4)c(C(=O)N(C)CC(C)(C)OCC(C)(C)ONC)c3)c3cc(OCCCC(=O)Nc4ccc5sc(C(=O)Nc6cc(C(=O)NCCCN(C)C)n(C)c6)cc5c4)c(OC)cc3C(=O)N2C1. The third-order valence-electron chi connectivity index (χ3n) is 14.9. The fourth-order valence-corrected chi connectivity index (χ4v) is 11.6. The van der Waals surface area contributed by atoms with E-state index in [0.717, 1.165) is 28.6 Å². The Morgan fingerprint density at radius 3 is 2.44 bits per heavy atom. The van der Waals surface area contributed by atoms with Crippen LogP contribution in [0.3, 0.4) is 0 Å². The quantitative estimate of drug-likeness (QED) is 0.0151. The van der Waals surface area contributed by atoms with Gasteiger partial charge in [0.15, 0.2) is 11.5 Å². The predicted octanol–water partition coefficient (Wildman–Crippen LogP) is 7.15. The number of aryl methyl sites for hydroxylation is 1. The van der Waals surface area contributed by atoms with Crippen molar-refractivity contribution in [3.8, 4) is 17.2 Å². The first-order valence-corrected chi connectivity index (χ1v) is 30.0. The van der Waals surface area contributed by atoms with Gasteiger partial charge >= 0.3 is 6.09 Å². The number of carbonyl (C=O) groups is 7. The zero-order valence-corrected chi connectivity index (χ0v) is 52.5. The second-order valence-corrected chi connectivity index (χ2v) is 24.9. The van der Waals surface area contributed by atoms with Gasteiger partial charge in [0, 0.05) is 82.7 Å². The molecule has 3 aliphatic heterocycles. The van der Waals surface area contributed by atoms with Crippen molar-refractivity contribution in [2.45, 2.75) is 109 Å². The molecule has 3 aromatic carbocycles. The van der Waals surface area contributed by atoms with Crippen molar-refractivity contribution in [1.82, 2.24) is 30.1 Å². The number of carbonyl (C=O) groups excluding carboxylic acids is 7. The Labute approximate surface area is 516 Å². The van der Waals surface area contributed by atoms with Crippen molar-refractivity contribution in [2.75, 3.05) is 96.8 Å². The highest BCUT2D eigenvalue weighted by molar-refractivity contribution is 7.20. The fraction of sp³-hybridized carbons (Fsp3) is 0.476.